The Morgan fingerprint density at radius 3 is 2.42 bits per heavy atom. The van der Waals surface area contributed by atoms with Gasteiger partial charge in [-0.15, -0.1) is 0 Å². The zero-order valence-corrected chi connectivity index (χ0v) is 23.5. The van der Waals surface area contributed by atoms with E-state index >= 15 is 4.39 Å². The van der Waals surface area contributed by atoms with E-state index in [1.54, 1.807) is 25.1 Å². The van der Waals surface area contributed by atoms with Crippen molar-refractivity contribution >= 4 is 23.4 Å². The first-order chi connectivity index (χ1) is 20.8. The largest absolute Gasteiger partial charge is 0.349 e. The van der Waals surface area contributed by atoms with Crippen molar-refractivity contribution in [1.29, 1.82) is 0 Å². The number of aromatic amines is 1. The number of aromatic nitrogens is 2. The molecule has 3 amide bonds. The highest BCUT2D eigenvalue weighted by molar-refractivity contribution is 6.07. The normalized spacial score (nSPS) is 14.4. The number of hydrogen-bond donors (Lipinski definition) is 4. The summed E-state index contributed by atoms with van der Waals surface area (Å²) in [6.45, 7) is 5.36. The molecule has 3 heterocycles. The molecule has 2 aliphatic rings. The first kappa shape index (κ1) is 28.2. The van der Waals surface area contributed by atoms with Crippen LogP contribution in [0.4, 0.5) is 14.5 Å². The summed E-state index contributed by atoms with van der Waals surface area (Å²) in [6, 6.07) is 12.7. The van der Waals surface area contributed by atoms with Gasteiger partial charge in [-0.1, -0.05) is 6.07 Å². The lowest BCUT2D eigenvalue weighted by Crippen LogP contribution is -2.33. The summed E-state index contributed by atoms with van der Waals surface area (Å²) in [5, 5.41) is 8.36. The zero-order chi connectivity index (χ0) is 30.1. The highest BCUT2D eigenvalue weighted by Gasteiger charge is 2.29. The average Bonchev–Trinajstić information content (AvgIpc) is 3.74. The number of imidazole rings is 1. The van der Waals surface area contributed by atoms with Crippen LogP contribution in [0.15, 0.2) is 54.6 Å². The molecule has 11 heteroatoms. The predicted octanol–water partition coefficient (Wildman–Crippen LogP) is 4.65. The van der Waals surface area contributed by atoms with Gasteiger partial charge in [0.25, 0.3) is 17.7 Å². The van der Waals surface area contributed by atoms with Crippen molar-refractivity contribution in [2.45, 2.75) is 26.3 Å². The number of fused-ring (bicyclic) bond motifs is 1. The number of nitrogens with zero attached hydrogens (tertiary/aromatic N) is 2. The summed E-state index contributed by atoms with van der Waals surface area (Å²) < 4.78 is 28.6. The molecule has 4 N–H and O–H groups in total. The van der Waals surface area contributed by atoms with Crippen LogP contribution in [0.3, 0.4) is 0 Å². The van der Waals surface area contributed by atoms with Crippen LogP contribution in [0.5, 0.6) is 0 Å². The third kappa shape index (κ3) is 5.76. The maximum atomic E-state index is 15.4. The van der Waals surface area contributed by atoms with E-state index in [4.69, 9.17) is 0 Å². The van der Waals surface area contributed by atoms with E-state index in [0.29, 0.717) is 40.3 Å². The topological polar surface area (TPSA) is 119 Å². The van der Waals surface area contributed by atoms with Gasteiger partial charge in [0.2, 0.25) is 0 Å². The molecule has 0 atom stereocenters. The van der Waals surface area contributed by atoms with Gasteiger partial charge in [-0.05, 0) is 92.5 Å². The number of amides is 3. The highest BCUT2D eigenvalue weighted by atomic mass is 19.1. The molecule has 1 aromatic heterocycles. The first-order valence-electron chi connectivity index (χ1n) is 14.2. The van der Waals surface area contributed by atoms with Gasteiger partial charge in [0.05, 0.1) is 5.56 Å². The monoisotopic (exact) mass is 584 g/mol. The molecule has 0 saturated carbocycles. The third-order valence-corrected chi connectivity index (χ3v) is 7.86. The Labute approximate surface area is 246 Å². The van der Waals surface area contributed by atoms with Gasteiger partial charge in [-0.25, -0.2) is 13.8 Å². The second-order valence-electron chi connectivity index (χ2n) is 10.7. The molecular formula is C32H30F2N6O3. The fraction of sp³-hybridized carbons (Fsp3) is 0.250. The Kier molecular flexibility index (Phi) is 7.73. The van der Waals surface area contributed by atoms with Crippen LogP contribution >= 0.6 is 0 Å². The number of benzene rings is 3. The van der Waals surface area contributed by atoms with Gasteiger partial charge in [0.15, 0.2) is 0 Å². The number of likely N-dealkylation sites (tertiary alicyclic amines) is 1. The number of aryl methyl sites for hydroxylation is 1. The number of carbonyl (C=O) groups is 3. The van der Waals surface area contributed by atoms with E-state index in [1.165, 1.54) is 49.2 Å². The number of H-pyrrole nitrogens is 1. The molecule has 0 spiro atoms. The molecule has 220 valence electrons. The number of rotatable bonds is 8. The average molecular weight is 585 g/mol. The number of anilines is 1. The third-order valence-electron chi connectivity index (χ3n) is 7.86. The molecule has 4 aromatic rings. The lowest BCUT2D eigenvalue weighted by atomic mass is 9.92. The first-order valence-corrected chi connectivity index (χ1v) is 14.2. The minimum absolute atomic E-state index is 0.198. The second-order valence-corrected chi connectivity index (χ2v) is 10.7. The molecule has 0 bridgehead atoms. The van der Waals surface area contributed by atoms with E-state index in [9.17, 15) is 18.8 Å². The molecule has 0 unspecified atom stereocenters. The molecular weight excluding hydrogens is 554 g/mol. The van der Waals surface area contributed by atoms with E-state index < -0.39 is 17.5 Å². The maximum Gasteiger partial charge on any atom is 0.271 e. The molecule has 1 saturated heterocycles. The van der Waals surface area contributed by atoms with E-state index in [0.717, 1.165) is 19.6 Å². The van der Waals surface area contributed by atoms with Crippen LogP contribution in [0.1, 0.15) is 55.3 Å². The standard InChI is InChI=1S/C32H30F2N6O3/c1-18-28(32(43)35-12-15-40-13-2-3-14-40)39-29(37-18)24-11-10-22(25-17-36-31(42)27(24)25)23-9-8-21(16-26(23)34)38-30(41)19-4-6-20(33)7-5-19/h4-11,16H,2-3,12-15,17H2,1H3,(H,35,43)(H,36,42)(H,37,39)(H,38,41). The van der Waals surface area contributed by atoms with Gasteiger partial charge >= 0.3 is 0 Å². The molecule has 0 aliphatic carbocycles. The number of hydrogen-bond acceptors (Lipinski definition) is 5. The van der Waals surface area contributed by atoms with Crippen molar-refractivity contribution in [3.05, 3.63) is 94.3 Å². The van der Waals surface area contributed by atoms with Gasteiger partial charge in [-0.2, -0.15) is 0 Å². The van der Waals surface area contributed by atoms with Crippen molar-refractivity contribution in [3.63, 3.8) is 0 Å². The molecule has 43 heavy (non-hydrogen) atoms. The summed E-state index contributed by atoms with van der Waals surface area (Å²) in [7, 11) is 0. The van der Waals surface area contributed by atoms with Crippen LogP contribution in [0.25, 0.3) is 22.5 Å². The van der Waals surface area contributed by atoms with Crippen molar-refractivity contribution in [2.75, 3.05) is 31.5 Å². The van der Waals surface area contributed by atoms with Gasteiger partial charge < -0.3 is 25.8 Å². The Balaban J connectivity index is 1.23. The molecule has 2 aliphatic heterocycles. The van der Waals surface area contributed by atoms with Crippen molar-refractivity contribution in [2.24, 2.45) is 0 Å². The van der Waals surface area contributed by atoms with Crippen LogP contribution in [0.2, 0.25) is 0 Å². The lowest BCUT2D eigenvalue weighted by molar-refractivity contribution is 0.0942. The van der Waals surface area contributed by atoms with Gasteiger partial charge in [-0.3, -0.25) is 14.4 Å². The molecule has 1 fully saturated rings. The number of halogens is 2. The molecule has 3 aromatic carbocycles. The number of nitrogens with one attached hydrogen (secondary N) is 4. The summed E-state index contributed by atoms with van der Waals surface area (Å²) in [6.07, 6.45) is 2.36. The zero-order valence-electron chi connectivity index (χ0n) is 23.5. The van der Waals surface area contributed by atoms with E-state index in [2.05, 4.69) is 30.8 Å². The van der Waals surface area contributed by atoms with Crippen LogP contribution in [-0.4, -0.2) is 58.8 Å². The molecule has 0 radical (unpaired) electrons. The van der Waals surface area contributed by atoms with Crippen molar-refractivity contribution in [3.8, 4) is 22.5 Å². The van der Waals surface area contributed by atoms with Crippen LogP contribution in [0, 0.1) is 18.6 Å². The number of carbonyl (C=O) groups excluding carboxylic acids is 3. The Morgan fingerprint density at radius 2 is 1.67 bits per heavy atom. The Bertz CT molecular complexity index is 1730. The fourth-order valence-corrected chi connectivity index (χ4v) is 5.64. The summed E-state index contributed by atoms with van der Waals surface area (Å²) >= 11 is 0. The van der Waals surface area contributed by atoms with E-state index in [-0.39, 0.29) is 40.9 Å². The quantitative estimate of drug-likeness (QED) is 0.240. The van der Waals surface area contributed by atoms with Gasteiger partial charge in [0, 0.05) is 47.7 Å². The Morgan fingerprint density at radius 1 is 0.953 bits per heavy atom. The Hall–Kier alpha value is -4.90. The maximum absolute atomic E-state index is 15.4. The van der Waals surface area contributed by atoms with Crippen molar-refractivity contribution < 1.29 is 23.2 Å². The smallest absolute Gasteiger partial charge is 0.271 e. The lowest BCUT2D eigenvalue weighted by Gasteiger charge is -2.14. The highest BCUT2D eigenvalue weighted by Crippen LogP contribution is 2.37. The summed E-state index contributed by atoms with van der Waals surface area (Å²) in [5.74, 6) is -1.78. The minimum Gasteiger partial charge on any atom is -0.349 e. The SMILES string of the molecule is Cc1[nH]c(-c2ccc(-c3ccc(NC(=O)c4ccc(F)cc4)cc3F)c3c2C(=O)NC3)nc1C(=O)NCCN1CCCC1. The molecule has 9 nitrogen and oxygen atoms in total. The summed E-state index contributed by atoms with van der Waals surface area (Å²) in [5.41, 5.74) is 3.57. The molecule has 6 rings (SSSR count). The van der Waals surface area contributed by atoms with Crippen molar-refractivity contribution in [1.82, 2.24) is 25.5 Å². The summed E-state index contributed by atoms with van der Waals surface area (Å²) in [4.78, 5) is 48.3. The van der Waals surface area contributed by atoms with Crippen LogP contribution in [-0.2, 0) is 6.54 Å². The minimum atomic E-state index is -0.590. The predicted molar refractivity (Wildman–Crippen MR) is 158 cm³/mol. The van der Waals surface area contributed by atoms with E-state index in [1.807, 2.05) is 0 Å². The fourth-order valence-electron chi connectivity index (χ4n) is 5.64. The van der Waals surface area contributed by atoms with Gasteiger partial charge in [0.1, 0.15) is 23.2 Å². The second kappa shape index (κ2) is 11.8. The van der Waals surface area contributed by atoms with Crippen LogP contribution < -0.4 is 16.0 Å².